The lowest BCUT2D eigenvalue weighted by Gasteiger charge is -2.27. The number of thioether (sulfide) groups is 1. The molecule has 0 unspecified atom stereocenters. The van der Waals surface area contributed by atoms with Gasteiger partial charge in [0.15, 0.2) is 5.17 Å². The summed E-state index contributed by atoms with van der Waals surface area (Å²) in [5.74, 6) is -0.162. The molecule has 3 heterocycles. The van der Waals surface area contributed by atoms with Gasteiger partial charge in [-0.05, 0) is 61.4 Å². The van der Waals surface area contributed by atoms with Gasteiger partial charge in [-0.15, -0.1) is 0 Å². The molecule has 5 nitrogen and oxygen atoms in total. The number of aliphatic imine (C=N–C) groups is 1. The van der Waals surface area contributed by atoms with Crippen molar-refractivity contribution >= 4 is 40.5 Å². The molecule has 1 fully saturated rings. The number of nitrogens with zero attached hydrogens (tertiary/aromatic N) is 4. The van der Waals surface area contributed by atoms with Crippen LogP contribution in [0.15, 0.2) is 46.6 Å². The fourth-order valence-corrected chi connectivity index (χ4v) is 4.01. The van der Waals surface area contributed by atoms with Gasteiger partial charge in [-0.1, -0.05) is 11.6 Å². The lowest BCUT2D eigenvalue weighted by Crippen LogP contribution is -2.33. The van der Waals surface area contributed by atoms with Crippen molar-refractivity contribution in [1.29, 1.82) is 0 Å². The van der Waals surface area contributed by atoms with Gasteiger partial charge >= 0.3 is 0 Å². The number of rotatable bonds is 2. The van der Waals surface area contributed by atoms with Gasteiger partial charge < -0.3 is 4.90 Å². The number of halogens is 1. The summed E-state index contributed by atoms with van der Waals surface area (Å²) in [6.45, 7) is 1.97. The monoisotopic (exact) mass is 372 g/mol. The predicted octanol–water partition coefficient (Wildman–Crippen LogP) is 3.98. The maximum Gasteiger partial charge on any atom is 0.286 e. The summed E-state index contributed by atoms with van der Waals surface area (Å²) in [6.07, 6.45) is 9.08. The van der Waals surface area contributed by atoms with Crippen LogP contribution in [0.25, 0.3) is 11.8 Å². The van der Waals surface area contributed by atoms with Crippen LogP contribution in [0.5, 0.6) is 0 Å². The molecule has 0 saturated carbocycles. The van der Waals surface area contributed by atoms with Gasteiger partial charge in [0.25, 0.3) is 5.91 Å². The van der Waals surface area contributed by atoms with Crippen LogP contribution in [0.1, 0.15) is 24.8 Å². The van der Waals surface area contributed by atoms with Crippen LogP contribution < -0.4 is 0 Å². The first-order valence-corrected chi connectivity index (χ1v) is 9.47. The minimum Gasteiger partial charge on any atom is -0.351 e. The normalized spacial score (nSPS) is 19.6. The van der Waals surface area contributed by atoms with Crippen molar-refractivity contribution in [3.05, 3.63) is 52.2 Å². The Morgan fingerprint density at radius 1 is 1.12 bits per heavy atom. The first-order valence-electron chi connectivity index (χ1n) is 8.27. The summed E-state index contributed by atoms with van der Waals surface area (Å²) in [7, 11) is 0. The van der Waals surface area contributed by atoms with E-state index >= 15 is 0 Å². The van der Waals surface area contributed by atoms with Crippen LogP contribution in [0.2, 0.25) is 5.02 Å². The highest BCUT2D eigenvalue weighted by atomic mass is 35.5. The zero-order valence-corrected chi connectivity index (χ0v) is 15.1. The van der Waals surface area contributed by atoms with E-state index in [0.717, 1.165) is 29.5 Å². The van der Waals surface area contributed by atoms with E-state index in [4.69, 9.17) is 11.6 Å². The van der Waals surface area contributed by atoms with Crippen molar-refractivity contribution < 1.29 is 4.79 Å². The minimum atomic E-state index is -0.162. The molecule has 7 heteroatoms. The molecular formula is C18H17ClN4OS. The highest BCUT2D eigenvalue weighted by molar-refractivity contribution is 8.18. The number of aromatic nitrogens is 2. The molecule has 0 spiro atoms. The highest BCUT2D eigenvalue weighted by Gasteiger charge is 2.26. The molecule has 0 aliphatic carbocycles. The molecular weight excluding hydrogens is 356 g/mol. The third-order valence-corrected chi connectivity index (χ3v) is 5.52. The average molecular weight is 373 g/mol. The van der Waals surface area contributed by atoms with Crippen molar-refractivity contribution in [2.75, 3.05) is 13.1 Å². The zero-order valence-electron chi connectivity index (χ0n) is 13.6. The quantitative estimate of drug-likeness (QED) is 0.748. The first-order chi connectivity index (χ1) is 12.2. The number of benzene rings is 1. The van der Waals surface area contributed by atoms with E-state index in [-0.39, 0.29) is 5.91 Å². The summed E-state index contributed by atoms with van der Waals surface area (Å²) < 4.78 is 1.76. The molecule has 0 bridgehead atoms. The molecule has 0 atom stereocenters. The average Bonchev–Trinajstić information content (AvgIpc) is 3.24. The number of likely N-dealkylation sites (tertiary alicyclic amines) is 1. The second-order valence-corrected chi connectivity index (χ2v) is 7.50. The number of hydrogen-bond acceptors (Lipinski definition) is 4. The number of hydrogen-bond donors (Lipinski definition) is 0. The maximum absolute atomic E-state index is 12.2. The fourth-order valence-electron chi connectivity index (χ4n) is 2.92. The summed E-state index contributed by atoms with van der Waals surface area (Å²) in [6, 6.07) is 7.45. The Morgan fingerprint density at radius 2 is 1.88 bits per heavy atom. The smallest absolute Gasteiger partial charge is 0.286 e. The number of piperidine rings is 1. The lowest BCUT2D eigenvalue weighted by molar-refractivity contribution is -0.113. The molecule has 25 heavy (non-hydrogen) atoms. The van der Waals surface area contributed by atoms with E-state index < -0.39 is 0 Å². The standard InChI is InChI=1S/C18H17ClN4OS/c19-14-4-6-15(7-5-14)23-12-13(11-20-23)10-16-17(24)21-18(25-16)22-8-2-1-3-9-22/h4-7,10-12H,1-3,8-9H2. The third-order valence-electron chi connectivity index (χ3n) is 4.23. The number of amidine groups is 1. The Labute approximate surface area is 155 Å². The van der Waals surface area contributed by atoms with Crippen LogP contribution in [0, 0.1) is 0 Å². The molecule has 0 N–H and O–H groups in total. The summed E-state index contributed by atoms with van der Waals surface area (Å²) in [5, 5.41) is 5.88. The molecule has 128 valence electrons. The molecule has 2 aliphatic heterocycles. The van der Waals surface area contributed by atoms with Gasteiger partial charge in [-0.25, -0.2) is 4.68 Å². The molecule has 2 aromatic rings. The third kappa shape index (κ3) is 3.65. The Balaban J connectivity index is 1.50. The number of carbonyl (C=O) groups is 1. The maximum atomic E-state index is 12.2. The van der Waals surface area contributed by atoms with Gasteiger partial charge in [0.05, 0.1) is 16.8 Å². The van der Waals surface area contributed by atoms with Crippen molar-refractivity contribution in [1.82, 2.24) is 14.7 Å². The highest BCUT2D eigenvalue weighted by Crippen LogP contribution is 2.31. The van der Waals surface area contributed by atoms with Gasteiger partial charge in [-0.3, -0.25) is 4.79 Å². The van der Waals surface area contributed by atoms with Gasteiger partial charge in [0.1, 0.15) is 0 Å². The Morgan fingerprint density at radius 3 is 2.64 bits per heavy atom. The SMILES string of the molecule is O=C1N=C(N2CCCCC2)SC1=Cc1cnn(-c2ccc(Cl)cc2)c1. The van der Waals surface area contributed by atoms with E-state index in [1.54, 1.807) is 10.9 Å². The first kappa shape index (κ1) is 16.4. The second kappa shape index (κ2) is 7.06. The predicted molar refractivity (Wildman–Crippen MR) is 102 cm³/mol. The van der Waals surface area contributed by atoms with Crippen molar-refractivity contribution in [3.63, 3.8) is 0 Å². The summed E-state index contributed by atoms with van der Waals surface area (Å²) in [4.78, 5) is 19.3. The summed E-state index contributed by atoms with van der Waals surface area (Å²) in [5.41, 5.74) is 1.80. The largest absolute Gasteiger partial charge is 0.351 e. The van der Waals surface area contributed by atoms with Crippen LogP contribution >= 0.6 is 23.4 Å². The van der Waals surface area contributed by atoms with E-state index in [9.17, 15) is 4.79 Å². The molecule has 2 aliphatic rings. The minimum absolute atomic E-state index is 0.162. The second-order valence-electron chi connectivity index (χ2n) is 6.05. The van der Waals surface area contributed by atoms with Crippen molar-refractivity contribution in [2.45, 2.75) is 19.3 Å². The lowest BCUT2D eigenvalue weighted by atomic mass is 10.1. The van der Waals surface area contributed by atoms with Crippen LogP contribution in [-0.4, -0.2) is 38.8 Å². The van der Waals surface area contributed by atoms with Crippen LogP contribution in [-0.2, 0) is 4.79 Å². The molecule has 1 amide bonds. The molecule has 1 aromatic heterocycles. The molecule has 1 saturated heterocycles. The summed E-state index contributed by atoms with van der Waals surface area (Å²) >= 11 is 7.38. The van der Waals surface area contributed by atoms with Crippen molar-refractivity contribution in [3.8, 4) is 5.69 Å². The Kier molecular flexibility index (Phi) is 4.63. The molecule has 1 aromatic carbocycles. The van der Waals surface area contributed by atoms with Gasteiger partial charge in [-0.2, -0.15) is 10.1 Å². The fraction of sp³-hybridized carbons (Fsp3) is 0.278. The van der Waals surface area contributed by atoms with Crippen LogP contribution in [0.3, 0.4) is 0 Å². The molecule has 4 rings (SSSR count). The zero-order chi connectivity index (χ0) is 17.2. The van der Waals surface area contributed by atoms with Crippen LogP contribution in [0.4, 0.5) is 0 Å². The van der Waals surface area contributed by atoms with Crippen molar-refractivity contribution in [2.24, 2.45) is 4.99 Å². The van der Waals surface area contributed by atoms with E-state index in [1.165, 1.54) is 31.0 Å². The van der Waals surface area contributed by atoms with E-state index in [0.29, 0.717) is 9.93 Å². The number of carbonyl (C=O) groups excluding carboxylic acids is 1. The topological polar surface area (TPSA) is 50.5 Å². The Bertz CT molecular complexity index is 850. The van der Waals surface area contributed by atoms with Gasteiger partial charge in [0, 0.05) is 29.9 Å². The van der Waals surface area contributed by atoms with Gasteiger partial charge in [0.2, 0.25) is 0 Å². The Hall–Kier alpha value is -2.05. The van der Waals surface area contributed by atoms with E-state index in [1.807, 2.05) is 36.5 Å². The molecule has 0 radical (unpaired) electrons. The van der Waals surface area contributed by atoms with E-state index in [2.05, 4.69) is 15.0 Å². The number of amides is 1.